The average molecular weight is 1010 g/mol. The van der Waals surface area contributed by atoms with Crippen LogP contribution in [-0.2, 0) is 51.7 Å². The Morgan fingerprint density at radius 3 is 0.957 bits per heavy atom. The van der Waals surface area contributed by atoms with Crippen LogP contribution in [-0.4, -0.2) is 19.0 Å². The van der Waals surface area contributed by atoms with Crippen molar-refractivity contribution in [2.45, 2.75) is 53.9 Å². The smallest absolute Gasteiger partial charge is 0.0307 e. The van der Waals surface area contributed by atoms with Gasteiger partial charge in [-0.15, -0.1) is 70.7 Å². The molecule has 244 valence electrons. The molecule has 0 heterocycles. The topological polar surface area (TPSA) is 47.6 Å². The maximum absolute atomic E-state index is 7.28. The van der Waals surface area contributed by atoms with Crippen LogP contribution in [0, 0.1) is 27.7 Å². The average Bonchev–Trinajstić information content (AvgIpc) is 3.59. The molecule has 0 saturated carbocycles. The van der Waals surface area contributed by atoms with E-state index < -0.39 is 0 Å². The van der Waals surface area contributed by atoms with Crippen LogP contribution in [0.2, 0.25) is 26.2 Å². The fraction of sp³-hybridized carbons (Fsp3) is 0.211. The maximum Gasteiger partial charge on any atom is 0.0307 e. The number of halogens is 2. The van der Waals surface area contributed by atoms with Gasteiger partial charge in [-0.25, -0.2) is 0 Å². The maximum atomic E-state index is 7.28. The molecule has 0 aromatic heterocycles. The molecule has 8 heteroatoms. The Morgan fingerprint density at radius 1 is 0.457 bits per heavy atom. The Morgan fingerprint density at radius 2 is 0.717 bits per heavy atom. The first-order valence-electron chi connectivity index (χ1n) is 14.1. The zero-order chi connectivity index (χ0) is 31.3. The van der Waals surface area contributed by atoms with E-state index in [9.17, 15) is 0 Å². The molecular formula is C38H46Cl2Hf2N2Si2-6. The minimum Gasteiger partial charge on any atom is -1.00 e. The van der Waals surface area contributed by atoms with Gasteiger partial charge < -0.3 is 36.3 Å². The van der Waals surface area contributed by atoms with E-state index in [2.05, 4.69) is 123 Å². The van der Waals surface area contributed by atoms with Gasteiger partial charge in [-0.1, -0.05) is 97.0 Å². The van der Waals surface area contributed by atoms with Crippen LogP contribution in [0.1, 0.15) is 22.3 Å². The third kappa shape index (κ3) is 22.9. The van der Waals surface area contributed by atoms with Gasteiger partial charge >= 0.3 is 0 Å². The molecule has 2 N–H and O–H groups in total. The van der Waals surface area contributed by atoms with E-state index >= 15 is 0 Å². The van der Waals surface area contributed by atoms with Crippen LogP contribution in [0.25, 0.3) is 33.0 Å². The van der Waals surface area contributed by atoms with E-state index in [1.54, 1.807) is 0 Å². The quantitative estimate of drug-likeness (QED) is 0.121. The van der Waals surface area contributed by atoms with E-state index in [0.717, 1.165) is 19.0 Å². The summed E-state index contributed by atoms with van der Waals surface area (Å²) in [5, 5.41) is 5.32. The first-order valence-corrected chi connectivity index (χ1v) is 18.1. The first kappa shape index (κ1) is 51.3. The number of aryl methyl sites for hydroxylation is 4. The number of rotatable bonds is 0. The van der Waals surface area contributed by atoms with Crippen molar-refractivity contribution in [2.75, 3.05) is 0 Å². The van der Waals surface area contributed by atoms with Crippen LogP contribution >= 0.6 is 0 Å². The number of hydrogen-bond donors (Lipinski definition) is 0. The zero-order valence-electron chi connectivity index (χ0n) is 28.3. The second-order valence-electron chi connectivity index (χ2n) is 10.1. The largest absolute Gasteiger partial charge is 1.00 e. The summed E-state index contributed by atoms with van der Waals surface area (Å²) in [6, 6.07) is 40.9. The van der Waals surface area contributed by atoms with Crippen molar-refractivity contribution in [1.82, 2.24) is 0 Å². The Balaban J connectivity index is -0.000000235. The molecule has 0 fully saturated rings. The molecule has 2 nitrogen and oxygen atoms in total. The summed E-state index contributed by atoms with van der Waals surface area (Å²) in [5.41, 5.74) is 20.4. The van der Waals surface area contributed by atoms with E-state index in [-0.39, 0.29) is 76.5 Å². The van der Waals surface area contributed by atoms with E-state index in [0.29, 0.717) is 11.4 Å². The summed E-state index contributed by atoms with van der Waals surface area (Å²) in [6.07, 6.45) is 0. The van der Waals surface area contributed by atoms with Gasteiger partial charge in [0.1, 0.15) is 0 Å². The first-order chi connectivity index (χ1) is 20.1. The van der Waals surface area contributed by atoms with Crippen molar-refractivity contribution < 1.29 is 76.5 Å². The molecule has 4 radical (unpaired) electrons. The van der Waals surface area contributed by atoms with Gasteiger partial charge in [-0.2, -0.15) is 35.0 Å². The van der Waals surface area contributed by atoms with Gasteiger partial charge in [0.2, 0.25) is 0 Å². The molecule has 6 aromatic carbocycles. The fourth-order valence-corrected chi connectivity index (χ4v) is 4.09. The van der Waals surface area contributed by atoms with Crippen LogP contribution in [0.3, 0.4) is 0 Å². The van der Waals surface area contributed by atoms with Crippen molar-refractivity contribution in [1.29, 1.82) is 0 Å². The van der Waals surface area contributed by atoms with Crippen LogP contribution < -0.4 is 24.8 Å². The molecule has 6 aromatic rings. The summed E-state index contributed by atoms with van der Waals surface area (Å²) >= 11 is 0. The van der Waals surface area contributed by atoms with Crippen molar-refractivity contribution >= 4 is 52.0 Å². The van der Waals surface area contributed by atoms with E-state index in [4.69, 9.17) is 11.5 Å². The number of benzene rings is 4. The van der Waals surface area contributed by atoms with E-state index in [1.807, 2.05) is 52.0 Å². The molecule has 0 amide bonds. The molecule has 0 aliphatic carbocycles. The molecular weight excluding hydrogens is 968 g/mol. The third-order valence-electron chi connectivity index (χ3n) is 5.54. The second kappa shape index (κ2) is 30.8. The van der Waals surface area contributed by atoms with Crippen LogP contribution in [0.5, 0.6) is 0 Å². The molecule has 0 unspecified atom stereocenters. The summed E-state index contributed by atoms with van der Waals surface area (Å²) in [5.74, 6) is 0. The minimum absolute atomic E-state index is 0. The predicted molar refractivity (Wildman–Crippen MR) is 194 cm³/mol. The summed E-state index contributed by atoms with van der Waals surface area (Å²) in [4.78, 5) is 0. The third-order valence-corrected chi connectivity index (χ3v) is 5.54. The zero-order valence-corrected chi connectivity index (χ0v) is 39.0. The van der Waals surface area contributed by atoms with Gasteiger partial charge in [-0.05, 0) is 27.7 Å². The monoisotopic (exact) mass is 1020 g/mol. The van der Waals surface area contributed by atoms with Gasteiger partial charge in [-0.3, -0.25) is 0 Å². The minimum atomic E-state index is 0. The molecule has 0 saturated heterocycles. The fourth-order valence-electron chi connectivity index (χ4n) is 4.09. The Kier molecular flexibility index (Phi) is 34.3. The number of fused-ring (bicyclic) bond motifs is 2. The predicted octanol–water partition coefficient (Wildman–Crippen LogP) is 6.67. The molecule has 0 atom stereocenters. The summed E-state index contributed by atoms with van der Waals surface area (Å²) < 4.78 is 0. The van der Waals surface area contributed by atoms with Crippen molar-refractivity contribution in [2.24, 2.45) is 0 Å². The van der Waals surface area contributed by atoms with Crippen molar-refractivity contribution in [3.05, 3.63) is 155 Å². The number of hydrogen-bond acceptors (Lipinski definition) is 0. The van der Waals surface area contributed by atoms with Crippen LogP contribution in [0.4, 0.5) is 11.4 Å². The van der Waals surface area contributed by atoms with Gasteiger partial charge in [0, 0.05) is 70.7 Å². The normalized spacial score (nSPS) is 8.52. The summed E-state index contributed by atoms with van der Waals surface area (Å²) in [7, 11) is 2.17. The number of nitrogens with one attached hydrogen (secondary N) is 2. The summed E-state index contributed by atoms with van der Waals surface area (Å²) in [6.45, 7) is 16.6. The standard InChI is InChI=1S/2C9H7.2C8H10N.2C2H6Si.2ClH.2Hf/c2*1-2-5-9-7-3-6-8(9)4-1;2*1-6-3-7(2)5-8(9)4-6;2*1-3-2;;;;/h2*1-7H;2*3-5,9H,1-2H3;2*1-2H3;2*1H;;/q4*-1;;;;;;/p-2. The molecule has 0 aliphatic rings. The molecule has 0 spiro atoms. The Labute approximate surface area is 334 Å². The van der Waals surface area contributed by atoms with E-state index in [1.165, 1.54) is 43.8 Å². The molecule has 0 bridgehead atoms. The molecule has 0 aliphatic heterocycles. The van der Waals surface area contributed by atoms with Crippen molar-refractivity contribution in [3.8, 4) is 0 Å². The SMILES string of the molecule is C[Si]C.C[Si]C.Cc1cc(C)cc([NH-])c1.Cc1cc(C)cc([NH-])c1.[Cl-].[Cl-].[Hf].[Hf].c1ccc2[cH-]ccc2c1.c1ccc2[cH-]ccc2c1. The van der Waals surface area contributed by atoms with Crippen molar-refractivity contribution in [3.63, 3.8) is 0 Å². The second-order valence-corrected chi connectivity index (χ2v) is 12.1. The Hall–Kier alpha value is -1.55. The Bertz CT molecular complexity index is 1290. The van der Waals surface area contributed by atoms with Gasteiger partial charge in [0.15, 0.2) is 0 Å². The van der Waals surface area contributed by atoms with Gasteiger partial charge in [0.25, 0.3) is 0 Å². The van der Waals surface area contributed by atoms with Gasteiger partial charge in [0.05, 0.1) is 0 Å². The molecule has 46 heavy (non-hydrogen) atoms. The van der Waals surface area contributed by atoms with Crippen LogP contribution in [0.15, 0.2) is 121 Å². The molecule has 6 rings (SSSR count).